The Hall–Kier alpha value is -4.13. The van der Waals surface area contributed by atoms with Crippen LogP contribution in [0.2, 0.25) is 0 Å². The van der Waals surface area contributed by atoms with Crippen LogP contribution in [-0.2, 0) is 9.53 Å². The highest BCUT2D eigenvalue weighted by Crippen LogP contribution is 2.32. The van der Waals surface area contributed by atoms with Gasteiger partial charge < -0.3 is 9.15 Å². The van der Waals surface area contributed by atoms with Crippen molar-refractivity contribution in [2.45, 2.75) is 20.0 Å². The van der Waals surface area contributed by atoms with Gasteiger partial charge in [0, 0.05) is 21.9 Å². The standard InChI is InChI=1S/C24H20N2O5/c1-14-18-13-12-16-8-6-7-11-19(16)21(18)31-20(14)24(29)30-15(2)22(27)25-26-23(28)17-9-4-3-5-10-17/h3-13,15H,1-2H3,(H,25,27)(H,26,28)/t15-/m1/s1. The fourth-order valence-corrected chi connectivity index (χ4v) is 3.29. The number of carbonyl (C=O) groups excluding carboxylic acids is 3. The third-order valence-electron chi connectivity index (χ3n) is 5.00. The Labute approximate surface area is 178 Å². The van der Waals surface area contributed by atoms with Gasteiger partial charge in [-0.05, 0) is 31.4 Å². The molecule has 1 atom stereocenters. The first kappa shape index (κ1) is 20.2. The number of hydrogen-bond donors (Lipinski definition) is 2. The molecule has 0 aliphatic heterocycles. The van der Waals surface area contributed by atoms with E-state index in [2.05, 4.69) is 10.9 Å². The summed E-state index contributed by atoms with van der Waals surface area (Å²) in [5, 5.41) is 2.68. The molecule has 0 radical (unpaired) electrons. The summed E-state index contributed by atoms with van der Waals surface area (Å²) >= 11 is 0. The van der Waals surface area contributed by atoms with Gasteiger partial charge >= 0.3 is 5.97 Å². The fraction of sp³-hybridized carbons (Fsp3) is 0.125. The Morgan fingerprint density at radius 1 is 0.871 bits per heavy atom. The van der Waals surface area contributed by atoms with Crippen molar-refractivity contribution in [1.29, 1.82) is 0 Å². The number of benzene rings is 3. The molecule has 4 rings (SSSR count). The average Bonchev–Trinajstić information content (AvgIpc) is 3.14. The van der Waals surface area contributed by atoms with Crippen LogP contribution in [0, 0.1) is 6.92 Å². The number of carbonyl (C=O) groups is 3. The van der Waals surface area contributed by atoms with Crippen molar-refractivity contribution < 1.29 is 23.5 Å². The summed E-state index contributed by atoms with van der Waals surface area (Å²) < 4.78 is 11.1. The molecule has 2 N–H and O–H groups in total. The van der Waals surface area contributed by atoms with Crippen molar-refractivity contribution in [3.05, 3.63) is 83.6 Å². The molecule has 0 aliphatic rings. The Morgan fingerprint density at radius 2 is 1.58 bits per heavy atom. The van der Waals surface area contributed by atoms with Crippen LogP contribution >= 0.6 is 0 Å². The minimum atomic E-state index is -1.15. The van der Waals surface area contributed by atoms with Crippen molar-refractivity contribution in [3.63, 3.8) is 0 Å². The molecule has 31 heavy (non-hydrogen) atoms. The van der Waals surface area contributed by atoms with E-state index in [0.717, 1.165) is 16.2 Å². The molecule has 1 aromatic heterocycles. The number of furan rings is 1. The van der Waals surface area contributed by atoms with Crippen LogP contribution in [-0.4, -0.2) is 23.9 Å². The Balaban J connectivity index is 1.45. The van der Waals surface area contributed by atoms with E-state index < -0.39 is 23.9 Å². The number of nitrogens with one attached hydrogen (secondary N) is 2. The van der Waals surface area contributed by atoms with Gasteiger partial charge in [0.1, 0.15) is 5.58 Å². The highest BCUT2D eigenvalue weighted by Gasteiger charge is 2.25. The number of rotatable bonds is 4. The summed E-state index contributed by atoms with van der Waals surface area (Å²) in [5.41, 5.74) is 6.16. The number of amides is 2. The molecule has 0 bridgehead atoms. The topological polar surface area (TPSA) is 97.6 Å². The second kappa shape index (κ2) is 8.31. The first-order valence-corrected chi connectivity index (χ1v) is 9.73. The number of hydrazine groups is 1. The average molecular weight is 416 g/mol. The van der Waals surface area contributed by atoms with Crippen molar-refractivity contribution in [2.75, 3.05) is 0 Å². The molecule has 156 valence electrons. The highest BCUT2D eigenvalue weighted by molar-refractivity contribution is 6.08. The van der Waals surface area contributed by atoms with E-state index in [1.807, 2.05) is 36.4 Å². The predicted octanol–water partition coefficient (Wildman–Crippen LogP) is 3.90. The molecule has 2 amide bonds. The molecular formula is C24H20N2O5. The summed E-state index contributed by atoms with van der Waals surface area (Å²) in [6.45, 7) is 3.18. The third kappa shape index (κ3) is 3.98. The molecule has 7 nitrogen and oxygen atoms in total. The molecule has 0 saturated heterocycles. The van der Waals surface area contributed by atoms with Crippen molar-refractivity contribution in [2.24, 2.45) is 0 Å². The van der Waals surface area contributed by atoms with Crippen LogP contribution in [0.15, 0.2) is 71.1 Å². The number of fused-ring (bicyclic) bond motifs is 3. The highest BCUT2D eigenvalue weighted by atomic mass is 16.6. The van der Waals surface area contributed by atoms with Crippen LogP contribution < -0.4 is 10.9 Å². The van der Waals surface area contributed by atoms with Gasteiger partial charge in [-0.3, -0.25) is 20.4 Å². The normalized spacial score (nSPS) is 11.8. The maximum atomic E-state index is 12.7. The maximum Gasteiger partial charge on any atom is 0.375 e. The number of hydrogen-bond acceptors (Lipinski definition) is 5. The molecule has 4 aromatic rings. The molecule has 3 aromatic carbocycles. The van der Waals surface area contributed by atoms with E-state index in [4.69, 9.17) is 9.15 Å². The summed E-state index contributed by atoms with van der Waals surface area (Å²) in [5.74, 6) is -1.86. The summed E-state index contributed by atoms with van der Waals surface area (Å²) in [7, 11) is 0. The van der Waals surface area contributed by atoms with Gasteiger partial charge in [-0.1, -0.05) is 54.6 Å². The van der Waals surface area contributed by atoms with E-state index in [1.54, 1.807) is 37.3 Å². The fourth-order valence-electron chi connectivity index (χ4n) is 3.29. The molecular weight excluding hydrogens is 396 g/mol. The second-order valence-electron chi connectivity index (χ2n) is 7.08. The minimum absolute atomic E-state index is 0.0410. The predicted molar refractivity (Wildman–Crippen MR) is 115 cm³/mol. The van der Waals surface area contributed by atoms with E-state index in [-0.39, 0.29) is 5.76 Å². The number of esters is 1. The van der Waals surface area contributed by atoms with Gasteiger partial charge in [0.05, 0.1) is 0 Å². The lowest BCUT2D eigenvalue weighted by molar-refractivity contribution is -0.129. The molecule has 0 unspecified atom stereocenters. The smallest absolute Gasteiger partial charge is 0.375 e. The lowest BCUT2D eigenvalue weighted by Crippen LogP contribution is -2.46. The van der Waals surface area contributed by atoms with Gasteiger partial charge in [-0.25, -0.2) is 4.79 Å². The van der Waals surface area contributed by atoms with E-state index in [9.17, 15) is 14.4 Å². The monoisotopic (exact) mass is 416 g/mol. The summed E-state index contributed by atoms with van der Waals surface area (Å²) in [6, 6.07) is 20.0. The van der Waals surface area contributed by atoms with Crippen molar-refractivity contribution in [3.8, 4) is 0 Å². The van der Waals surface area contributed by atoms with Crippen LogP contribution in [0.4, 0.5) is 0 Å². The maximum absolute atomic E-state index is 12.7. The van der Waals surface area contributed by atoms with E-state index >= 15 is 0 Å². The third-order valence-corrected chi connectivity index (χ3v) is 5.00. The Morgan fingerprint density at radius 3 is 2.35 bits per heavy atom. The second-order valence-corrected chi connectivity index (χ2v) is 7.08. The molecule has 1 heterocycles. The van der Waals surface area contributed by atoms with E-state index in [1.165, 1.54) is 6.92 Å². The molecule has 0 spiro atoms. The zero-order valence-electron chi connectivity index (χ0n) is 17.0. The Kier molecular flexibility index (Phi) is 5.41. The quantitative estimate of drug-likeness (QED) is 0.388. The molecule has 0 fully saturated rings. The minimum Gasteiger partial charge on any atom is -0.448 e. The van der Waals surface area contributed by atoms with E-state index in [0.29, 0.717) is 16.7 Å². The summed E-state index contributed by atoms with van der Waals surface area (Å²) in [6.07, 6.45) is -1.15. The molecule has 0 aliphatic carbocycles. The van der Waals surface area contributed by atoms with Gasteiger partial charge in [-0.15, -0.1) is 0 Å². The van der Waals surface area contributed by atoms with Crippen LogP contribution in [0.3, 0.4) is 0 Å². The Bertz CT molecular complexity index is 1290. The van der Waals surface area contributed by atoms with Crippen molar-refractivity contribution >= 4 is 39.5 Å². The van der Waals surface area contributed by atoms with Gasteiger partial charge in [0.15, 0.2) is 6.10 Å². The lowest BCUT2D eigenvalue weighted by Gasteiger charge is -2.13. The van der Waals surface area contributed by atoms with Crippen molar-refractivity contribution in [1.82, 2.24) is 10.9 Å². The zero-order valence-corrected chi connectivity index (χ0v) is 17.0. The first-order chi connectivity index (χ1) is 15.0. The molecule has 0 saturated carbocycles. The zero-order chi connectivity index (χ0) is 22.0. The number of aryl methyl sites for hydroxylation is 1. The van der Waals surface area contributed by atoms with Crippen LogP contribution in [0.25, 0.3) is 21.7 Å². The number of ether oxygens (including phenoxy) is 1. The van der Waals surface area contributed by atoms with Gasteiger partial charge in [0.2, 0.25) is 5.76 Å². The van der Waals surface area contributed by atoms with Gasteiger partial charge in [0.25, 0.3) is 11.8 Å². The van der Waals surface area contributed by atoms with Crippen LogP contribution in [0.5, 0.6) is 0 Å². The largest absolute Gasteiger partial charge is 0.448 e. The van der Waals surface area contributed by atoms with Gasteiger partial charge in [-0.2, -0.15) is 0 Å². The SMILES string of the molecule is Cc1c(C(=O)O[C@H](C)C(=O)NNC(=O)c2ccccc2)oc2c1ccc1ccccc12. The molecule has 7 heteroatoms. The van der Waals surface area contributed by atoms with Crippen LogP contribution in [0.1, 0.15) is 33.4 Å². The first-order valence-electron chi connectivity index (χ1n) is 9.73. The summed E-state index contributed by atoms with van der Waals surface area (Å²) in [4.78, 5) is 36.9. The lowest BCUT2D eigenvalue weighted by atomic mass is 10.1.